The molecule has 0 spiro atoms. The predicted octanol–water partition coefficient (Wildman–Crippen LogP) is 12.1. The fourth-order valence-corrected chi connectivity index (χ4v) is 5.78. The molecule has 0 unspecified atom stereocenters. The van der Waals surface area contributed by atoms with Crippen LogP contribution in [0, 0.1) is 0 Å². The van der Waals surface area contributed by atoms with Crippen molar-refractivity contribution in [1.82, 2.24) is 0 Å². The van der Waals surface area contributed by atoms with E-state index in [0.717, 1.165) is 44.9 Å². The zero-order valence-corrected chi connectivity index (χ0v) is 30.1. The number of esters is 2. The van der Waals surface area contributed by atoms with Crippen LogP contribution in [-0.2, 0) is 19.1 Å². The number of allylic oxidation sites excluding steroid dienone is 2. The third-order valence-corrected chi connectivity index (χ3v) is 8.81. The highest BCUT2D eigenvalue weighted by atomic mass is 16.6. The Morgan fingerprint density at radius 1 is 0.489 bits per heavy atom. The minimum atomic E-state index is -0.767. The molecule has 0 fully saturated rings. The van der Waals surface area contributed by atoms with Gasteiger partial charge in [0.2, 0.25) is 0 Å². The van der Waals surface area contributed by atoms with Crippen molar-refractivity contribution >= 4 is 11.9 Å². The molecule has 0 bridgehead atoms. The first-order chi connectivity index (χ1) is 22.1. The summed E-state index contributed by atoms with van der Waals surface area (Å²) in [6, 6.07) is 0. The number of hydrogen-bond donors (Lipinski definition) is 1. The number of ether oxygens (including phenoxy) is 2. The molecule has 0 aliphatic heterocycles. The fraction of sp³-hybridized carbons (Fsp3) is 0.900. The fourth-order valence-electron chi connectivity index (χ4n) is 5.78. The van der Waals surface area contributed by atoms with Crippen LogP contribution in [0.1, 0.15) is 213 Å². The molecule has 1 atom stereocenters. The average molecular weight is 637 g/mol. The lowest BCUT2D eigenvalue weighted by atomic mass is 10.0. The topological polar surface area (TPSA) is 72.8 Å². The molecule has 0 saturated carbocycles. The van der Waals surface area contributed by atoms with Gasteiger partial charge in [-0.25, -0.2) is 0 Å². The maximum absolute atomic E-state index is 12.2. The summed E-state index contributed by atoms with van der Waals surface area (Å²) in [6.45, 7) is 4.13. The lowest BCUT2D eigenvalue weighted by Crippen LogP contribution is -2.28. The van der Waals surface area contributed by atoms with Crippen LogP contribution in [0.25, 0.3) is 0 Å². The Kier molecular flexibility index (Phi) is 36.0. The summed E-state index contributed by atoms with van der Waals surface area (Å²) in [5, 5.41) is 9.54. The van der Waals surface area contributed by atoms with E-state index in [1.54, 1.807) is 0 Å². The molecule has 5 nitrogen and oxygen atoms in total. The second kappa shape index (κ2) is 37.1. The van der Waals surface area contributed by atoms with Crippen LogP contribution in [-0.4, -0.2) is 36.4 Å². The second-order valence-electron chi connectivity index (χ2n) is 13.4. The van der Waals surface area contributed by atoms with Gasteiger partial charge in [0.15, 0.2) is 6.10 Å². The Labute approximate surface area is 280 Å². The summed E-state index contributed by atoms with van der Waals surface area (Å²) < 4.78 is 10.6. The molecular weight excluding hydrogens is 560 g/mol. The Bertz CT molecular complexity index is 647. The Hall–Kier alpha value is -1.36. The standard InChI is InChI=1S/C40H76O5/c1-3-5-7-9-11-13-15-17-18-19-20-21-23-25-27-29-31-33-35-40(43)45-38(36-41)37-44-39(42)34-32-30-28-26-24-22-16-14-12-10-8-6-4-2/h14,16,38,41H,3-13,15,17-37H2,1-2H3/b16-14+/t38-/m0/s1. The summed E-state index contributed by atoms with van der Waals surface area (Å²) in [6.07, 6.45) is 41.3. The van der Waals surface area contributed by atoms with Crippen LogP contribution in [0.2, 0.25) is 0 Å². The SMILES string of the molecule is CCCCCC/C=C/CCCCCCCC(=O)OC[C@H](CO)OC(=O)CCCCCCCCCCCCCCCCCCCC. The number of hydrogen-bond acceptors (Lipinski definition) is 5. The van der Waals surface area contributed by atoms with Crippen molar-refractivity contribution in [3.05, 3.63) is 12.2 Å². The monoisotopic (exact) mass is 637 g/mol. The average Bonchev–Trinajstić information content (AvgIpc) is 3.04. The van der Waals surface area contributed by atoms with Crippen LogP contribution in [0.3, 0.4) is 0 Å². The molecule has 0 rings (SSSR count). The second-order valence-corrected chi connectivity index (χ2v) is 13.4. The first-order valence-electron chi connectivity index (χ1n) is 19.7. The van der Waals surface area contributed by atoms with E-state index in [1.165, 1.54) is 141 Å². The number of rotatable bonds is 36. The molecule has 0 aromatic heterocycles. The summed E-state index contributed by atoms with van der Waals surface area (Å²) in [5.41, 5.74) is 0. The van der Waals surface area contributed by atoms with Gasteiger partial charge in [0, 0.05) is 12.8 Å². The quantitative estimate of drug-likeness (QED) is 0.0421. The van der Waals surface area contributed by atoms with Gasteiger partial charge in [0.1, 0.15) is 6.61 Å². The van der Waals surface area contributed by atoms with Crippen molar-refractivity contribution in [3.8, 4) is 0 Å². The molecule has 0 heterocycles. The van der Waals surface area contributed by atoms with Crippen molar-refractivity contribution in [2.24, 2.45) is 0 Å². The van der Waals surface area contributed by atoms with Gasteiger partial charge in [-0.2, -0.15) is 0 Å². The summed E-state index contributed by atoms with van der Waals surface area (Å²) >= 11 is 0. The van der Waals surface area contributed by atoms with Crippen LogP contribution >= 0.6 is 0 Å². The van der Waals surface area contributed by atoms with E-state index in [0.29, 0.717) is 12.8 Å². The van der Waals surface area contributed by atoms with Gasteiger partial charge in [-0.05, 0) is 38.5 Å². The van der Waals surface area contributed by atoms with Crippen LogP contribution in [0.4, 0.5) is 0 Å². The van der Waals surface area contributed by atoms with Crippen LogP contribution < -0.4 is 0 Å². The number of carbonyl (C=O) groups excluding carboxylic acids is 2. The molecule has 0 aliphatic carbocycles. The lowest BCUT2D eigenvalue weighted by Gasteiger charge is -2.15. The van der Waals surface area contributed by atoms with Crippen molar-refractivity contribution in [2.75, 3.05) is 13.2 Å². The molecule has 0 radical (unpaired) electrons. The molecule has 0 amide bonds. The maximum Gasteiger partial charge on any atom is 0.306 e. The number of aliphatic hydroxyl groups is 1. The molecule has 1 N–H and O–H groups in total. The predicted molar refractivity (Wildman–Crippen MR) is 192 cm³/mol. The van der Waals surface area contributed by atoms with Gasteiger partial charge in [-0.3, -0.25) is 9.59 Å². The van der Waals surface area contributed by atoms with Crippen molar-refractivity contribution in [2.45, 2.75) is 219 Å². The molecule has 0 saturated heterocycles. The third kappa shape index (κ3) is 35.3. The Balaban J connectivity index is 3.51. The van der Waals surface area contributed by atoms with Gasteiger partial charge in [-0.1, -0.05) is 174 Å². The highest BCUT2D eigenvalue weighted by Gasteiger charge is 2.16. The molecular formula is C40H76O5. The zero-order valence-electron chi connectivity index (χ0n) is 30.1. The van der Waals surface area contributed by atoms with Gasteiger partial charge in [0.05, 0.1) is 6.61 Å². The van der Waals surface area contributed by atoms with E-state index in [1.807, 2.05) is 0 Å². The normalized spacial score (nSPS) is 12.2. The Morgan fingerprint density at radius 2 is 0.822 bits per heavy atom. The largest absolute Gasteiger partial charge is 0.462 e. The maximum atomic E-state index is 12.2. The smallest absolute Gasteiger partial charge is 0.306 e. The van der Waals surface area contributed by atoms with E-state index in [2.05, 4.69) is 26.0 Å². The van der Waals surface area contributed by atoms with E-state index in [9.17, 15) is 14.7 Å². The minimum Gasteiger partial charge on any atom is -0.462 e. The van der Waals surface area contributed by atoms with E-state index in [4.69, 9.17) is 9.47 Å². The molecule has 45 heavy (non-hydrogen) atoms. The van der Waals surface area contributed by atoms with E-state index < -0.39 is 6.10 Å². The molecule has 0 aromatic rings. The summed E-state index contributed by atoms with van der Waals surface area (Å²) in [4.78, 5) is 24.2. The zero-order chi connectivity index (χ0) is 32.9. The first kappa shape index (κ1) is 43.6. The highest BCUT2D eigenvalue weighted by molar-refractivity contribution is 5.70. The van der Waals surface area contributed by atoms with E-state index in [-0.39, 0.29) is 25.2 Å². The van der Waals surface area contributed by atoms with Gasteiger partial charge in [-0.15, -0.1) is 0 Å². The lowest BCUT2D eigenvalue weighted by molar-refractivity contribution is -0.161. The van der Waals surface area contributed by atoms with Gasteiger partial charge in [0.25, 0.3) is 0 Å². The van der Waals surface area contributed by atoms with Crippen molar-refractivity contribution in [1.29, 1.82) is 0 Å². The number of unbranched alkanes of at least 4 members (excludes halogenated alkanes) is 26. The number of carbonyl (C=O) groups is 2. The first-order valence-corrected chi connectivity index (χ1v) is 19.7. The molecule has 266 valence electrons. The van der Waals surface area contributed by atoms with Crippen molar-refractivity contribution < 1.29 is 24.2 Å². The van der Waals surface area contributed by atoms with Gasteiger partial charge >= 0.3 is 11.9 Å². The number of aliphatic hydroxyl groups excluding tert-OH is 1. The van der Waals surface area contributed by atoms with Crippen LogP contribution in [0.15, 0.2) is 12.2 Å². The summed E-state index contributed by atoms with van der Waals surface area (Å²) in [7, 11) is 0. The summed E-state index contributed by atoms with van der Waals surface area (Å²) in [5.74, 6) is -0.591. The van der Waals surface area contributed by atoms with E-state index >= 15 is 0 Å². The van der Waals surface area contributed by atoms with Gasteiger partial charge < -0.3 is 14.6 Å². The molecule has 5 heteroatoms. The third-order valence-electron chi connectivity index (χ3n) is 8.81. The minimum absolute atomic E-state index is 0.0645. The Morgan fingerprint density at radius 3 is 1.22 bits per heavy atom. The van der Waals surface area contributed by atoms with Crippen molar-refractivity contribution in [3.63, 3.8) is 0 Å². The highest BCUT2D eigenvalue weighted by Crippen LogP contribution is 2.15. The van der Waals surface area contributed by atoms with Crippen LogP contribution in [0.5, 0.6) is 0 Å². The molecule has 0 aliphatic rings. The molecule has 0 aromatic carbocycles.